The molecule has 0 atom stereocenters. The van der Waals surface area contributed by atoms with Crippen molar-refractivity contribution in [2.24, 2.45) is 5.10 Å². The standard InChI is InChI=1S/C29H21BrN4O7/c1-40-25-12-7-18(8-13-25)27(35)32-23-4-2-3-20(16-23)28(36)33-31-17-21-15-22(30)9-14-26(21)41-29(37)19-5-10-24(11-6-19)34(38)39/h2-17H,1H3,(H,32,35)(H,33,36). The van der Waals surface area contributed by atoms with E-state index in [0.717, 1.165) is 0 Å². The van der Waals surface area contributed by atoms with Crippen LogP contribution in [0.15, 0.2) is 101 Å². The zero-order chi connectivity index (χ0) is 29.4. The molecule has 4 rings (SSSR count). The molecule has 2 amide bonds. The number of carbonyl (C=O) groups excluding carboxylic acids is 3. The van der Waals surface area contributed by atoms with Crippen LogP contribution in [0, 0.1) is 10.1 Å². The summed E-state index contributed by atoms with van der Waals surface area (Å²) in [7, 11) is 1.53. The van der Waals surface area contributed by atoms with Crippen LogP contribution in [0.2, 0.25) is 0 Å². The van der Waals surface area contributed by atoms with Crippen molar-refractivity contribution in [2.75, 3.05) is 12.4 Å². The molecule has 0 saturated heterocycles. The van der Waals surface area contributed by atoms with Gasteiger partial charge in [-0.3, -0.25) is 19.7 Å². The van der Waals surface area contributed by atoms with Gasteiger partial charge in [0.05, 0.1) is 23.8 Å². The molecule has 0 aliphatic heterocycles. The molecule has 0 radical (unpaired) electrons. The first kappa shape index (κ1) is 28.6. The van der Waals surface area contributed by atoms with Crippen LogP contribution in [-0.2, 0) is 0 Å². The van der Waals surface area contributed by atoms with Crippen LogP contribution in [0.3, 0.4) is 0 Å². The number of nitro groups is 1. The molecule has 0 aliphatic carbocycles. The van der Waals surface area contributed by atoms with Crippen molar-refractivity contribution < 1.29 is 28.8 Å². The third-order valence-corrected chi connectivity index (χ3v) is 6.09. The topological polar surface area (TPSA) is 149 Å². The molecule has 0 spiro atoms. The summed E-state index contributed by atoms with van der Waals surface area (Å²) in [4.78, 5) is 48.1. The van der Waals surface area contributed by atoms with Gasteiger partial charge in [-0.05, 0) is 72.8 Å². The van der Waals surface area contributed by atoms with Gasteiger partial charge in [0.2, 0.25) is 0 Å². The molecule has 0 saturated carbocycles. The van der Waals surface area contributed by atoms with Gasteiger partial charge >= 0.3 is 5.97 Å². The van der Waals surface area contributed by atoms with Crippen molar-refractivity contribution >= 4 is 51.3 Å². The van der Waals surface area contributed by atoms with Gasteiger partial charge in [-0.2, -0.15) is 5.10 Å². The monoisotopic (exact) mass is 616 g/mol. The number of non-ortho nitro benzene ring substituents is 1. The SMILES string of the molecule is COc1ccc(C(=O)Nc2cccc(C(=O)NN=Cc3cc(Br)ccc3OC(=O)c3ccc([N+](=O)[O-])cc3)c2)cc1. The number of ether oxygens (including phenoxy) is 2. The Morgan fingerprint density at radius 1 is 0.878 bits per heavy atom. The first-order chi connectivity index (χ1) is 19.7. The van der Waals surface area contributed by atoms with Gasteiger partial charge in [0, 0.05) is 39.0 Å². The van der Waals surface area contributed by atoms with Crippen LogP contribution in [0.25, 0.3) is 0 Å². The Morgan fingerprint density at radius 3 is 2.27 bits per heavy atom. The van der Waals surface area contributed by atoms with Crippen LogP contribution in [-0.4, -0.2) is 36.0 Å². The second-order valence-corrected chi connectivity index (χ2v) is 9.25. The van der Waals surface area contributed by atoms with E-state index in [2.05, 4.69) is 31.8 Å². The molecule has 4 aromatic rings. The number of esters is 1. The fourth-order valence-electron chi connectivity index (χ4n) is 3.50. The number of nitrogens with one attached hydrogen (secondary N) is 2. The van der Waals surface area contributed by atoms with Gasteiger partial charge in [0.15, 0.2) is 0 Å². The molecule has 0 heterocycles. The van der Waals surface area contributed by atoms with E-state index < -0.39 is 16.8 Å². The molecule has 4 aromatic carbocycles. The molecule has 0 aliphatic rings. The maximum atomic E-state index is 12.7. The summed E-state index contributed by atoms with van der Waals surface area (Å²) in [5.74, 6) is -0.847. The number of amides is 2. The second kappa shape index (κ2) is 13.1. The molecule has 0 bridgehead atoms. The van der Waals surface area contributed by atoms with Crippen molar-refractivity contribution in [3.63, 3.8) is 0 Å². The number of hydrazone groups is 1. The van der Waals surface area contributed by atoms with Gasteiger partial charge in [0.25, 0.3) is 17.5 Å². The summed E-state index contributed by atoms with van der Waals surface area (Å²) in [5.41, 5.74) is 3.82. The minimum atomic E-state index is -0.727. The molecular weight excluding hydrogens is 596 g/mol. The number of nitro benzene ring substituents is 1. The first-order valence-electron chi connectivity index (χ1n) is 11.9. The largest absolute Gasteiger partial charge is 0.497 e. The van der Waals surface area contributed by atoms with E-state index >= 15 is 0 Å². The molecular formula is C29H21BrN4O7. The number of benzene rings is 4. The van der Waals surface area contributed by atoms with Crippen molar-refractivity contribution in [1.29, 1.82) is 0 Å². The number of hydrogen-bond donors (Lipinski definition) is 2. The number of anilines is 1. The summed E-state index contributed by atoms with van der Waals surface area (Å²) in [5, 5.41) is 17.6. The maximum Gasteiger partial charge on any atom is 0.343 e. The Bertz CT molecular complexity index is 1640. The predicted molar refractivity (Wildman–Crippen MR) is 155 cm³/mol. The molecule has 206 valence electrons. The van der Waals surface area contributed by atoms with Crippen LogP contribution < -0.4 is 20.2 Å². The third-order valence-electron chi connectivity index (χ3n) is 5.59. The molecule has 2 N–H and O–H groups in total. The number of hydrogen-bond acceptors (Lipinski definition) is 8. The summed E-state index contributed by atoms with van der Waals surface area (Å²) in [6.45, 7) is 0. The molecule has 41 heavy (non-hydrogen) atoms. The smallest absolute Gasteiger partial charge is 0.343 e. The Labute approximate surface area is 242 Å². The highest BCUT2D eigenvalue weighted by Crippen LogP contribution is 2.23. The summed E-state index contributed by atoms with van der Waals surface area (Å²) in [6.07, 6.45) is 1.30. The Hall–Kier alpha value is -5.36. The number of rotatable bonds is 9. The summed E-state index contributed by atoms with van der Waals surface area (Å²) < 4.78 is 11.2. The van der Waals surface area contributed by atoms with Crippen molar-refractivity contribution in [2.45, 2.75) is 0 Å². The van der Waals surface area contributed by atoms with Crippen LogP contribution in [0.4, 0.5) is 11.4 Å². The fraction of sp³-hybridized carbons (Fsp3) is 0.0345. The third kappa shape index (κ3) is 7.61. The average molecular weight is 617 g/mol. The van der Waals surface area contributed by atoms with Gasteiger partial charge in [-0.25, -0.2) is 10.2 Å². The summed E-state index contributed by atoms with van der Waals surface area (Å²) >= 11 is 3.34. The highest BCUT2D eigenvalue weighted by molar-refractivity contribution is 9.10. The number of carbonyl (C=O) groups is 3. The van der Waals surface area contributed by atoms with E-state index in [0.29, 0.717) is 27.0 Å². The highest BCUT2D eigenvalue weighted by Gasteiger charge is 2.14. The van der Waals surface area contributed by atoms with Gasteiger partial charge in [-0.15, -0.1) is 0 Å². The predicted octanol–water partition coefficient (Wildman–Crippen LogP) is 5.60. The van der Waals surface area contributed by atoms with Gasteiger partial charge in [-0.1, -0.05) is 22.0 Å². The molecule has 0 fully saturated rings. The molecule has 0 unspecified atom stereocenters. The van der Waals surface area contributed by atoms with E-state index in [1.54, 1.807) is 54.6 Å². The maximum absolute atomic E-state index is 12.7. The highest BCUT2D eigenvalue weighted by atomic mass is 79.9. The van der Waals surface area contributed by atoms with Gasteiger partial charge in [0.1, 0.15) is 11.5 Å². The molecule has 11 nitrogen and oxygen atoms in total. The van der Waals surface area contributed by atoms with E-state index in [4.69, 9.17) is 9.47 Å². The summed E-state index contributed by atoms with van der Waals surface area (Å²) in [6, 6.07) is 22.7. The zero-order valence-corrected chi connectivity index (χ0v) is 23.0. The molecule has 0 aromatic heterocycles. The van der Waals surface area contributed by atoms with E-state index in [1.165, 1.54) is 49.7 Å². The zero-order valence-electron chi connectivity index (χ0n) is 21.4. The lowest BCUT2D eigenvalue weighted by molar-refractivity contribution is -0.384. The number of nitrogens with zero attached hydrogens (tertiary/aromatic N) is 2. The first-order valence-corrected chi connectivity index (χ1v) is 12.7. The Kier molecular flexibility index (Phi) is 9.17. The van der Waals surface area contributed by atoms with Gasteiger partial charge < -0.3 is 14.8 Å². The fourth-order valence-corrected chi connectivity index (χ4v) is 3.88. The molecule has 12 heteroatoms. The van der Waals surface area contributed by atoms with E-state index in [1.807, 2.05) is 0 Å². The van der Waals surface area contributed by atoms with Crippen molar-refractivity contribution in [3.8, 4) is 11.5 Å². The van der Waals surface area contributed by atoms with E-state index in [9.17, 15) is 24.5 Å². The number of halogens is 1. The quantitative estimate of drug-likeness (QED) is 0.0816. The van der Waals surface area contributed by atoms with Crippen LogP contribution in [0.5, 0.6) is 11.5 Å². The average Bonchev–Trinajstić information content (AvgIpc) is 2.98. The normalized spacial score (nSPS) is 10.6. The second-order valence-electron chi connectivity index (χ2n) is 8.34. The Morgan fingerprint density at radius 2 is 1.59 bits per heavy atom. The van der Waals surface area contributed by atoms with Crippen molar-refractivity contribution in [3.05, 3.63) is 128 Å². The van der Waals surface area contributed by atoms with E-state index in [-0.39, 0.29) is 28.5 Å². The lowest BCUT2D eigenvalue weighted by Gasteiger charge is -2.09. The minimum absolute atomic E-state index is 0.119. The number of methoxy groups -OCH3 is 1. The Balaban J connectivity index is 1.41. The minimum Gasteiger partial charge on any atom is -0.497 e. The lowest BCUT2D eigenvalue weighted by atomic mass is 10.1. The van der Waals surface area contributed by atoms with Crippen molar-refractivity contribution in [1.82, 2.24) is 5.43 Å². The lowest BCUT2D eigenvalue weighted by Crippen LogP contribution is -2.18. The van der Waals surface area contributed by atoms with Crippen LogP contribution >= 0.6 is 15.9 Å². The van der Waals surface area contributed by atoms with Crippen LogP contribution in [0.1, 0.15) is 36.6 Å².